The maximum absolute atomic E-state index is 6.04. The van der Waals surface area contributed by atoms with Crippen LogP contribution in [0.25, 0.3) is 0 Å². The average molecular weight is 317 g/mol. The van der Waals surface area contributed by atoms with Crippen molar-refractivity contribution in [3.8, 4) is 5.75 Å². The molecule has 0 aromatic heterocycles. The van der Waals surface area contributed by atoms with Gasteiger partial charge in [0.1, 0.15) is 12.4 Å². The Bertz CT molecular complexity index is 560. The van der Waals surface area contributed by atoms with Gasteiger partial charge in [-0.3, -0.25) is 0 Å². The van der Waals surface area contributed by atoms with Gasteiger partial charge in [-0.25, -0.2) is 0 Å². The van der Waals surface area contributed by atoms with E-state index in [0.29, 0.717) is 34.0 Å². The predicted octanol–water partition coefficient (Wildman–Crippen LogP) is 5.14. The summed E-state index contributed by atoms with van der Waals surface area (Å²) in [6, 6.07) is 12.7. The van der Waals surface area contributed by atoms with Crippen molar-refractivity contribution in [1.29, 1.82) is 0 Å². The van der Waals surface area contributed by atoms with Crippen LogP contribution in [0, 0.1) is 0 Å². The SMILES string of the molecule is Clc1ccc(NCCOc2ccccc2Cl)c(Cl)c1. The first kappa shape index (κ1) is 14.3. The van der Waals surface area contributed by atoms with Crippen LogP contribution in [0.2, 0.25) is 15.1 Å². The first-order valence-electron chi connectivity index (χ1n) is 5.73. The van der Waals surface area contributed by atoms with E-state index in [1.54, 1.807) is 18.2 Å². The summed E-state index contributed by atoms with van der Waals surface area (Å²) in [5.41, 5.74) is 0.828. The fraction of sp³-hybridized carbons (Fsp3) is 0.143. The predicted molar refractivity (Wildman–Crippen MR) is 81.9 cm³/mol. The minimum atomic E-state index is 0.489. The van der Waals surface area contributed by atoms with Gasteiger partial charge in [0, 0.05) is 11.6 Å². The van der Waals surface area contributed by atoms with Crippen LogP contribution in [-0.2, 0) is 0 Å². The summed E-state index contributed by atoms with van der Waals surface area (Å²) in [6.07, 6.45) is 0. The molecule has 5 heteroatoms. The lowest BCUT2D eigenvalue weighted by Gasteiger charge is -2.10. The highest BCUT2D eigenvalue weighted by molar-refractivity contribution is 6.36. The molecular formula is C14H12Cl3NO. The molecule has 0 aliphatic carbocycles. The molecule has 0 radical (unpaired) electrons. The Morgan fingerprint density at radius 1 is 0.947 bits per heavy atom. The van der Waals surface area contributed by atoms with Crippen LogP contribution in [0.1, 0.15) is 0 Å². The van der Waals surface area contributed by atoms with Gasteiger partial charge in [-0.05, 0) is 30.3 Å². The molecule has 0 aliphatic rings. The number of ether oxygens (including phenoxy) is 1. The van der Waals surface area contributed by atoms with Gasteiger partial charge >= 0.3 is 0 Å². The number of benzene rings is 2. The van der Waals surface area contributed by atoms with Crippen molar-refractivity contribution in [3.05, 3.63) is 57.5 Å². The number of hydrogen-bond acceptors (Lipinski definition) is 2. The summed E-state index contributed by atoms with van der Waals surface area (Å²) in [5, 5.41) is 4.98. The topological polar surface area (TPSA) is 21.3 Å². The van der Waals surface area contributed by atoms with Gasteiger partial charge in [-0.1, -0.05) is 46.9 Å². The number of anilines is 1. The van der Waals surface area contributed by atoms with E-state index in [-0.39, 0.29) is 0 Å². The Morgan fingerprint density at radius 3 is 2.47 bits per heavy atom. The van der Waals surface area contributed by atoms with E-state index in [2.05, 4.69) is 5.32 Å². The largest absolute Gasteiger partial charge is 0.490 e. The summed E-state index contributed by atoms with van der Waals surface area (Å²) >= 11 is 17.8. The Labute approximate surface area is 127 Å². The van der Waals surface area contributed by atoms with Crippen LogP contribution in [0.15, 0.2) is 42.5 Å². The molecule has 2 aromatic carbocycles. The van der Waals surface area contributed by atoms with Crippen LogP contribution in [0.5, 0.6) is 5.75 Å². The third-order valence-electron chi connectivity index (χ3n) is 2.44. The minimum absolute atomic E-state index is 0.489. The molecule has 0 unspecified atom stereocenters. The summed E-state index contributed by atoms with van der Waals surface area (Å²) in [5.74, 6) is 0.674. The second-order valence-electron chi connectivity index (χ2n) is 3.83. The number of rotatable bonds is 5. The van der Waals surface area contributed by atoms with E-state index in [9.17, 15) is 0 Å². The summed E-state index contributed by atoms with van der Waals surface area (Å²) in [7, 11) is 0. The van der Waals surface area contributed by atoms with Gasteiger partial charge in [0.05, 0.1) is 15.7 Å². The van der Waals surface area contributed by atoms with Gasteiger partial charge in [0.2, 0.25) is 0 Å². The van der Waals surface area contributed by atoms with Crippen LogP contribution < -0.4 is 10.1 Å². The molecule has 0 aliphatic heterocycles. The van der Waals surface area contributed by atoms with Gasteiger partial charge in [-0.2, -0.15) is 0 Å². The molecule has 2 rings (SSSR count). The van der Waals surface area contributed by atoms with Crippen molar-refractivity contribution in [2.45, 2.75) is 0 Å². The standard InChI is InChI=1S/C14H12Cl3NO/c15-10-5-6-13(12(17)9-10)18-7-8-19-14-4-2-1-3-11(14)16/h1-6,9,18H,7-8H2. The quantitative estimate of drug-likeness (QED) is 0.771. The fourth-order valence-corrected chi connectivity index (χ4v) is 2.21. The molecule has 0 amide bonds. The number of hydrogen-bond donors (Lipinski definition) is 1. The zero-order valence-electron chi connectivity index (χ0n) is 10.00. The molecule has 1 N–H and O–H groups in total. The first-order chi connectivity index (χ1) is 9.16. The second-order valence-corrected chi connectivity index (χ2v) is 5.08. The monoisotopic (exact) mass is 315 g/mol. The molecule has 19 heavy (non-hydrogen) atoms. The van der Waals surface area contributed by atoms with Crippen LogP contribution in [0.3, 0.4) is 0 Å². The number of para-hydroxylation sites is 1. The molecule has 100 valence electrons. The van der Waals surface area contributed by atoms with Crippen molar-refractivity contribution in [1.82, 2.24) is 0 Å². The highest BCUT2D eigenvalue weighted by atomic mass is 35.5. The van der Waals surface area contributed by atoms with Crippen molar-refractivity contribution >= 4 is 40.5 Å². The van der Waals surface area contributed by atoms with E-state index in [1.807, 2.05) is 24.3 Å². The molecule has 0 saturated carbocycles. The molecule has 0 bridgehead atoms. The van der Waals surface area contributed by atoms with E-state index in [0.717, 1.165) is 5.69 Å². The maximum atomic E-state index is 6.04. The second kappa shape index (κ2) is 6.90. The lowest BCUT2D eigenvalue weighted by atomic mass is 10.3. The molecular weight excluding hydrogens is 305 g/mol. The van der Waals surface area contributed by atoms with E-state index in [1.165, 1.54) is 0 Å². The van der Waals surface area contributed by atoms with Gasteiger partial charge in [0.15, 0.2) is 0 Å². The van der Waals surface area contributed by atoms with E-state index >= 15 is 0 Å². The number of halogens is 3. The highest BCUT2D eigenvalue weighted by Gasteiger charge is 2.02. The van der Waals surface area contributed by atoms with Gasteiger partial charge in [0.25, 0.3) is 0 Å². The molecule has 2 nitrogen and oxygen atoms in total. The van der Waals surface area contributed by atoms with Crippen molar-refractivity contribution in [3.63, 3.8) is 0 Å². The van der Waals surface area contributed by atoms with Crippen LogP contribution >= 0.6 is 34.8 Å². The van der Waals surface area contributed by atoms with Crippen LogP contribution in [0.4, 0.5) is 5.69 Å². The third-order valence-corrected chi connectivity index (χ3v) is 3.30. The normalized spacial score (nSPS) is 10.3. The summed E-state index contributed by atoms with van der Waals surface area (Å²) in [4.78, 5) is 0. The Kier molecular flexibility index (Phi) is 5.20. The molecule has 2 aromatic rings. The molecule has 0 spiro atoms. The third kappa shape index (κ3) is 4.20. The Balaban J connectivity index is 1.83. The molecule has 0 saturated heterocycles. The zero-order chi connectivity index (χ0) is 13.7. The smallest absolute Gasteiger partial charge is 0.137 e. The van der Waals surface area contributed by atoms with Crippen molar-refractivity contribution in [2.75, 3.05) is 18.5 Å². The zero-order valence-corrected chi connectivity index (χ0v) is 12.3. The van der Waals surface area contributed by atoms with Crippen molar-refractivity contribution < 1.29 is 4.74 Å². The van der Waals surface area contributed by atoms with Crippen LogP contribution in [-0.4, -0.2) is 13.2 Å². The highest BCUT2D eigenvalue weighted by Crippen LogP contribution is 2.25. The van der Waals surface area contributed by atoms with E-state index in [4.69, 9.17) is 39.5 Å². The molecule has 0 heterocycles. The van der Waals surface area contributed by atoms with Gasteiger partial charge < -0.3 is 10.1 Å². The fourth-order valence-electron chi connectivity index (χ4n) is 1.54. The maximum Gasteiger partial charge on any atom is 0.137 e. The first-order valence-corrected chi connectivity index (χ1v) is 6.86. The number of nitrogens with one attached hydrogen (secondary N) is 1. The van der Waals surface area contributed by atoms with Gasteiger partial charge in [-0.15, -0.1) is 0 Å². The summed E-state index contributed by atoms with van der Waals surface area (Å²) in [6.45, 7) is 1.11. The summed E-state index contributed by atoms with van der Waals surface area (Å²) < 4.78 is 5.56. The lowest BCUT2D eigenvalue weighted by molar-refractivity contribution is 0.333. The molecule has 0 fully saturated rings. The molecule has 0 atom stereocenters. The minimum Gasteiger partial charge on any atom is -0.490 e. The Hall–Kier alpha value is -1.09. The average Bonchev–Trinajstić information content (AvgIpc) is 2.38. The Morgan fingerprint density at radius 2 is 1.74 bits per heavy atom. The lowest BCUT2D eigenvalue weighted by Crippen LogP contribution is -2.11. The van der Waals surface area contributed by atoms with Crippen molar-refractivity contribution in [2.24, 2.45) is 0 Å². The van der Waals surface area contributed by atoms with E-state index < -0.39 is 0 Å².